The summed E-state index contributed by atoms with van der Waals surface area (Å²) in [5.74, 6) is -0.955. The summed E-state index contributed by atoms with van der Waals surface area (Å²) in [6.07, 6.45) is 5.38. The molecule has 208 valence electrons. The monoisotopic (exact) mass is 550 g/mol. The Hall–Kier alpha value is -4.18. The highest BCUT2D eigenvalue weighted by Crippen LogP contribution is 2.31. The fourth-order valence-corrected chi connectivity index (χ4v) is 5.06. The normalized spacial score (nSPS) is 21.0. The Balaban J connectivity index is 1.06. The maximum absolute atomic E-state index is 14.5. The van der Waals surface area contributed by atoms with Crippen molar-refractivity contribution in [1.82, 2.24) is 24.8 Å². The molecule has 4 heterocycles. The maximum atomic E-state index is 14.5. The smallest absolute Gasteiger partial charge is 0.341 e. The third-order valence-corrected chi connectivity index (χ3v) is 7.63. The second-order valence-corrected chi connectivity index (χ2v) is 10.5. The number of likely N-dealkylation sites (tertiary alicyclic amines) is 1. The van der Waals surface area contributed by atoms with Crippen LogP contribution in [-0.4, -0.2) is 94.9 Å². The molecule has 1 aromatic carbocycles. The van der Waals surface area contributed by atoms with E-state index in [0.717, 1.165) is 12.3 Å². The minimum atomic E-state index is -0.778. The summed E-state index contributed by atoms with van der Waals surface area (Å²) in [6.45, 7) is 2.92. The lowest BCUT2D eigenvalue weighted by atomic mass is 10.0. The predicted octanol–water partition coefficient (Wildman–Crippen LogP) is 2.55. The number of piperazine rings is 1. The summed E-state index contributed by atoms with van der Waals surface area (Å²) in [7, 11) is 0. The van der Waals surface area contributed by atoms with E-state index in [1.54, 1.807) is 22.1 Å². The standard InChI is InChI=1S/C27H28F2N8O3/c28-20-10-18(12-30)9-19(11-20)23-3-4-32-37(23)27(39)35-7-5-34(6-8-35)26-31-13-22(29)24(33-26)25(38)36-14-21(15-36)40-16-17-1-2-17/h4,9-11,13,17,21,23H,1-3,5-8,14-16H2/t23-/m0/s1. The van der Waals surface area contributed by atoms with E-state index in [0.29, 0.717) is 63.8 Å². The molecule has 2 saturated heterocycles. The van der Waals surface area contributed by atoms with Gasteiger partial charge in [0.1, 0.15) is 5.82 Å². The van der Waals surface area contributed by atoms with E-state index < -0.39 is 23.6 Å². The number of nitrogens with zero attached hydrogens (tertiary/aromatic N) is 8. The Bertz CT molecular complexity index is 1380. The maximum Gasteiger partial charge on any atom is 0.341 e. The lowest BCUT2D eigenvalue weighted by Crippen LogP contribution is -2.55. The number of ether oxygens (including phenoxy) is 1. The van der Waals surface area contributed by atoms with E-state index in [1.165, 1.54) is 28.8 Å². The van der Waals surface area contributed by atoms with Gasteiger partial charge in [0.25, 0.3) is 5.91 Å². The van der Waals surface area contributed by atoms with E-state index in [9.17, 15) is 23.6 Å². The van der Waals surface area contributed by atoms with Gasteiger partial charge >= 0.3 is 6.03 Å². The molecule has 4 aliphatic rings. The average molecular weight is 551 g/mol. The number of hydrogen-bond acceptors (Lipinski definition) is 8. The zero-order chi connectivity index (χ0) is 27.8. The number of carbonyl (C=O) groups is 2. The second kappa shape index (κ2) is 10.8. The van der Waals surface area contributed by atoms with Gasteiger partial charge in [-0.15, -0.1) is 0 Å². The van der Waals surface area contributed by atoms with Crippen LogP contribution in [0.25, 0.3) is 0 Å². The van der Waals surface area contributed by atoms with Crippen LogP contribution in [0.3, 0.4) is 0 Å². The predicted molar refractivity (Wildman–Crippen MR) is 138 cm³/mol. The molecule has 0 unspecified atom stereocenters. The number of nitriles is 1. The van der Waals surface area contributed by atoms with Gasteiger partial charge in [0.15, 0.2) is 11.5 Å². The van der Waals surface area contributed by atoms with Crippen molar-refractivity contribution in [2.45, 2.75) is 31.4 Å². The van der Waals surface area contributed by atoms with Crippen molar-refractivity contribution in [2.75, 3.05) is 50.8 Å². The van der Waals surface area contributed by atoms with Crippen LogP contribution >= 0.6 is 0 Å². The molecule has 3 fully saturated rings. The van der Waals surface area contributed by atoms with E-state index in [2.05, 4.69) is 15.1 Å². The number of anilines is 1. The molecular formula is C27H28F2N8O3. The van der Waals surface area contributed by atoms with Crippen LogP contribution in [0.2, 0.25) is 0 Å². The number of hydrazone groups is 1. The zero-order valence-corrected chi connectivity index (χ0v) is 21.7. The SMILES string of the molecule is N#Cc1cc(F)cc([C@@H]2CC=NN2C(=O)N2CCN(c3ncc(F)c(C(=O)N4CC(OCC5CC5)C4)n3)CC2)c1. The van der Waals surface area contributed by atoms with Crippen LogP contribution in [0.4, 0.5) is 19.5 Å². The largest absolute Gasteiger partial charge is 0.374 e. The highest BCUT2D eigenvalue weighted by Gasteiger charge is 2.37. The van der Waals surface area contributed by atoms with Crippen molar-refractivity contribution in [1.29, 1.82) is 5.26 Å². The first kappa shape index (κ1) is 26.1. The highest BCUT2D eigenvalue weighted by molar-refractivity contribution is 5.93. The lowest BCUT2D eigenvalue weighted by Gasteiger charge is -2.39. The molecule has 3 amide bonds. The molecule has 1 aliphatic carbocycles. The van der Waals surface area contributed by atoms with Crippen LogP contribution in [0, 0.1) is 28.9 Å². The van der Waals surface area contributed by atoms with Gasteiger partial charge in [0.05, 0.1) is 30.0 Å². The van der Waals surface area contributed by atoms with Crippen molar-refractivity contribution in [2.24, 2.45) is 11.0 Å². The van der Waals surface area contributed by atoms with Crippen molar-refractivity contribution in [3.63, 3.8) is 0 Å². The summed E-state index contributed by atoms with van der Waals surface area (Å²) in [4.78, 5) is 39.5. The van der Waals surface area contributed by atoms with Gasteiger partial charge in [0, 0.05) is 58.5 Å². The third kappa shape index (κ3) is 5.31. The molecule has 3 aliphatic heterocycles. The first-order valence-electron chi connectivity index (χ1n) is 13.4. The van der Waals surface area contributed by atoms with Gasteiger partial charge < -0.3 is 19.4 Å². The van der Waals surface area contributed by atoms with Crippen LogP contribution in [0.5, 0.6) is 0 Å². The molecule has 1 saturated carbocycles. The highest BCUT2D eigenvalue weighted by atomic mass is 19.1. The summed E-state index contributed by atoms with van der Waals surface area (Å²) < 4.78 is 34.3. The van der Waals surface area contributed by atoms with Gasteiger partial charge in [-0.1, -0.05) is 0 Å². The van der Waals surface area contributed by atoms with E-state index >= 15 is 0 Å². The molecule has 1 aromatic heterocycles. The Morgan fingerprint density at radius 1 is 1.07 bits per heavy atom. The molecule has 0 N–H and O–H groups in total. The Morgan fingerprint density at radius 2 is 1.85 bits per heavy atom. The van der Waals surface area contributed by atoms with E-state index in [4.69, 9.17) is 4.74 Å². The number of carbonyl (C=O) groups excluding carboxylic acids is 2. The first-order valence-corrected chi connectivity index (χ1v) is 13.4. The third-order valence-electron chi connectivity index (χ3n) is 7.63. The fraction of sp³-hybridized carbons (Fsp3) is 0.481. The second-order valence-electron chi connectivity index (χ2n) is 10.5. The summed E-state index contributed by atoms with van der Waals surface area (Å²) >= 11 is 0. The van der Waals surface area contributed by atoms with Gasteiger partial charge in [-0.05, 0) is 42.5 Å². The van der Waals surface area contributed by atoms with Crippen LogP contribution < -0.4 is 4.90 Å². The molecular weight excluding hydrogens is 522 g/mol. The molecule has 0 bridgehead atoms. The molecule has 40 heavy (non-hydrogen) atoms. The molecule has 0 spiro atoms. The zero-order valence-electron chi connectivity index (χ0n) is 21.7. The van der Waals surface area contributed by atoms with Crippen molar-refractivity contribution >= 4 is 24.1 Å². The molecule has 6 rings (SSSR count). The van der Waals surface area contributed by atoms with Crippen LogP contribution in [0.1, 0.15) is 46.9 Å². The Kier molecular flexibility index (Phi) is 7.02. The molecule has 1 atom stereocenters. The number of hydrogen-bond donors (Lipinski definition) is 0. The Morgan fingerprint density at radius 3 is 2.58 bits per heavy atom. The summed E-state index contributed by atoms with van der Waals surface area (Å²) in [5, 5.41) is 14.7. The van der Waals surface area contributed by atoms with Crippen molar-refractivity contribution < 1.29 is 23.1 Å². The molecule has 11 nitrogen and oxygen atoms in total. The number of benzene rings is 1. The first-order chi connectivity index (χ1) is 19.4. The number of urea groups is 1. The molecule has 13 heteroatoms. The number of rotatable bonds is 6. The van der Waals surface area contributed by atoms with E-state index in [-0.39, 0.29) is 29.3 Å². The minimum absolute atomic E-state index is 0.0200. The quantitative estimate of drug-likeness (QED) is 0.543. The van der Waals surface area contributed by atoms with Gasteiger partial charge in [0.2, 0.25) is 5.95 Å². The molecule has 2 aromatic rings. The number of amides is 3. The van der Waals surface area contributed by atoms with Gasteiger partial charge in [-0.25, -0.2) is 28.6 Å². The minimum Gasteiger partial charge on any atom is -0.374 e. The lowest BCUT2D eigenvalue weighted by molar-refractivity contribution is -0.0462. The summed E-state index contributed by atoms with van der Waals surface area (Å²) in [5.41, 5.74) is 0.405. The topological polar surface area (TPSA) is 118 Å². The number of halogens is 2. The van der Waals surface area contributed by atoms with Crippen LogP contribution in [0.15, 0.2) is 29.5 Å². The molecule has 0 radical (unpaired) electrons. The van der Waals surface area contributed by atoms with Gasteiger partial charge in [-0.2, -0.15) is 10.4 Å². The number of aromatic nitrogens is 2. The van der Waals surface area contributed by atoms with Crippen LogP contribution in [-0.2, 0) is 4.74 Å². The summed E-state index contributed by atoms with van der Waals surface area (Å²) in [6, 6.07) is 5.10. The van der Waals surface area contributed by atoms with Crippen molar-refractivity contribution in [3.05, 3.63) is 52.9 Å². The van der Waals surface area contributed by atoms with Gasteiger partial charge in [-0.3, -0.25) is 4.79 Å². The van der Waals surface area contributed by atoms with Crippen molar-refractivity contribution in [3.8, 4) is 6.07 Å². The average Bonchev–Trinajstić information content (AvgIpc) is 3.64. The Labute approximate surface area is 229 Å². The van der Waals surface area contributed by atoms with E-state index in [1.807, 2.05) is 6.07 Å². The fourth-order valence-electron chi connectivity index (χ4n) is 5.06.